The van der Waals surface area contributed by atoms with E-state index in [-0.39, 0.29) is 6.07 Å². The predicted molar refractivity (Wildman–Crippen MR) is 51.5 cm³/mol. The van der Waals surface area contributed by atoms with Gasteiger partial charge in [0, 0.05) is 5.69 Å². The lowest BCUT2D eigenvalue weighted by atomic mass is 10.1. The second-order valence-electron chi connectivity index (χ2n) is 3.23. The highest BCUT2D eigenvalue weighted by atomic mass is 32.2. The number of alkyl halides is 6. The lowest BCUT2D eigenvalue weighted by Crippen LogP contribution is -2.28. The number of rotatable bonds is 2. The van der Waals surface area contributed by atoms with Crippen molar-refractivity contribution in [2.75, 3.05) is 5.73 Å². The molecule has 0 saturated carbocycles. The molecule has 0 aliphatic rings. The predicted octanol–water partition coefficient (Wildman–Crippen LogP) is 2.52. The quantitative estimate of drug-likeness (QED) is 0.394. The van der Waals surface area contributed by atoms with Crippen LogP contribution >= 0.6 is 0 Å². The van der Waals surface area contributed by atoms with Gasteiger partial charge in [0.2, 0.25) is 0 Å². The molecule has 0 heterocycles. The lowest BCUT2D eigenvalue weighted by Gasteiger charge is -2.13. The van der Waals surface area contributed by atoms with Crippen molar-refractivity contribution in [3.05, 3.63) is 23.8 Å². The second kappa shape index (κ2) is 4.47. The summed E-state index contributed by atoms with van der Waals surface area (Å²) in [5.74, 6) is -1.14. The van der Waals surface area contributed by atoms with Crippen LogP contribution in [0, 0.1) is 0 Å². The molecule has 0 aliphatic heterocycles. The van der Waals surface area contributed by atoms with Crippen LogP contribution in [0.15, 0.2) is 18.2 Å². The van der Waals surface area contributed by atoms with Gasteiger partial charge in [-0.1, -0.05) is 0 Å². The molecule has 19 heavy (non-hydrogen) atoms. The first kappa shape index (κ1) is 15.4. The van der Waals surface area contributed by atoms with Gasteiger partial charge in [0.15, 0.2) is 0 Å². The third-order valence-corrected chi connectivity index (χ3v) is 2.80. The van der Waals surface area contributed by atoms with Gasteiger partial charge in [-0.05, 0) is 18.2 Å². The van der Waals surface area contributed by atoms with Crippen LogP contribution in [0.25, 0.3) is 0 Å². The van der Waals surface area contributed by atoms with Crippen LogP contribution < -0.4 is 9.92 Å². The van der Waals surface area contributed by atoms with Crippen molar-refractivity contribution in [3.8, 4) is 5.75 Å². The molecule has 0 aromatic heterocycles. The molecule has 1 rings (SSSR count). The van der Waals surface area contributed by atoms with E-state index in [0.29, 0.717) is 12.1 Å². The molecule has 0 spiro atoms. The maximum atomic E-state index is 12.4. The Balaban J connectivity index is 3.20. The van der Waals surface area contributed by atoms with Gasteiger partial charge < -0.3 is 9.92 Å². The first-order valence-corrected chi connectivity index (χ1v) is 5.73. The third kappa shape index (κ3) is 3.43. The van der Waals surface area contributed by atoms with Gasteiger partial charge in [-0.15, -0.1) is 0 Å². The molecule has 1 aromatic rings. The first-order chi connectivity index (χ1) is 8.34. The van der Waals surface area contributed by atoms with Crippen LogP contribution in [0.2, 0.25) is 0 Å². The number of hydrogen-bond acceptors (Lipinski definition) is 4. The van der Waals surface area contributed by atoms with Gasteiger partial charge in [-0.2, -0.15) is 34.8 Å². The summed E-state index contributed by atoms with van der Waals surface area (Å²) < 4.78 is 97.8. The summed E-state index contributed by atoms with van der Waals surface area (Å²) in [5, 5.41) is 0. The maximum absolute atomic E-state index is 12.4. The fraction of sp³-hybridized carbons (Fsp3) is 0.250. The highest BCUT2D eigenvalue weighted by molar-refractivity contribution is 7.87. The summed E-state index contributed by atoms with van der Waals surface area (Å²) in [6.07, 6.45) is -4.95. The van der Waals surface area contributed by atoms with E-state index in [0.717, 1.165) is 0 Å². The molecule has 0 radical (unpaired) electrons. The Morgan fingerprint density at radius 3 is 2.00 bits per heavy atom. The molecule has 2 N–H and O–H groups in total. The summed E-state index contributed by atoms with van der Waals surface area (Å²) in [6, 6.07) is 1.23. The van der Waals surface area contributed by atoms with Crippen LogP contribution in [-0.4, -0.2) is 13.9 Å². The topological polar surface area (TPSA) is 69.4 Å². The number of nitrogens with two attached hydrogens (primary N) is 1. The van der Waals surface area contributed by atoms with E-state index < -0.39 is 38.8 Å². The molecule has 0 amide bonds. The van der Waals surface area contributed by atoms with Crippen LogP contribution in [-0.2, 0) is 16.3 Å². The average molecular weight is 309 g/mol. The largest absolute Gasteiger partial charge is 0.534 e. The number of halogens is 6. The van der Waals surface area contributed by atoms with Gasteiger partial charge in [0.05, 0.1) is 5.56 Å². The Morgan fingerprint density at radius 2 is 1.58 bits per heavy atom. The van der Waals surface area contributed by atoms with E-state index >= 15 is 0 Å². The first-order valence-electron chi connectivity index (χ1n) is 4.32. The molecule has 0 bridgehead atoms. The molecule has 0 fully saturated rings. The van der Waals surface area contributed by atoms with E-state index in [4.69, 9.17) is 5.73 Å². The van der Waals surface area contributed by atoms with Crippen molar-refractivity contribution in [2.45, 2.75) is 11.7 Å². The Bertz CT molecular complexity index is 577. The number of hydrogen-bond donors (Lipinski definition) is 1. The van der Waals surface area contributed by atoms with Crippen LogP contribution in [0.5, 0.6) is 5.75 Å². The summed E-state index contributed by atoms with van der Waals surface area (Å²) >= 11 is 0. The second-order valence-corrected chi connectivity index (χ2v) is 4.77. The number of anilines is 1. The SMILES string of the molecule is Nc1ccc(OS(=O)(=O)C(F)(F)F)cc1C(F)(F)F. The lowest BCUT2D eigenvalue weighted by molar-refractivity contribution is -0.137. The van der Waals surface area contributed by atoms with Gasteiger partial charge in [0.25, 0.3) is 0 Å². The standard InChI is InChI=1S/C8H5F6NO3S/c9-7(10,11)5-3-4(1-2-6(5)15)18-19(16,17)8(12,13)14/h1-3H,15H2. The Hall–Kier alpha value is -1.65. The van der Waals surface area contributed by atoms with Crippen LogP contribution in [0.3, 0.4) is 0 Å². The molecule has 1 aromatic carbocycles. The number of benzene rings is 1. The van der Waals surface area contributed by atoms with Crippen molar-refractivity contribution in [1.29, 1.82) is 0 Å². The molecule has 0 unspecified atom stereocenters. The average Bonchev–Trinajstić information content (AvgIpc) is 2.17. The van der Waals surface area contributed by atoms with Gasteiger partial charge >= 0.3 is 21.8 Å². The summed E-state index contributed by atoms with van der Waals surface area (Å²) in [4.78, 5) is 0. The minimum Gasteiger partial charge on any atom is -0.398 e. The van der Waals surface area contributed by atoms with E-state index in [1.165, 1.54) is 0 Å². The fourth-order valence-corrected chi connectivity index (χ4v) is 1.46. The molecule has 0 saturated heterocycles. The Kier molecular flexibility index (Phi) is 3.63. The monoisotopic (exact) mass is 309 g/mol. The summed E-state index contributed by atoms with van der Waals surface area (Å²) in [7, 11) is -6.03. The molecular weight excluding hydrogens is 304 g/mol. The van der Waals surface area contributed by atoms with Crippen molar-refractivity contribution in [3.63, 3.8) is 0 Å². The molecule has 0 aliphatic carbocycles. The third-order valence-electron chi connectivity index (χ3n) is 1.82. The molecular formula is C8H5F6NO3S. The highest BCUT2D eigenvalue weighted by Gasteiger charge is 2.48. The molecule has 11 heteroatoms. The zero-order chi connectivity index (χ0) is 15.1. The van der Waals surface area contributed by atoms with Gasteiger partial charge in [0.1, 0.15) is 5.75 Å². The highest BCUT2D eigenvalue weighted by Crippen LogP contribution is 2.36. The van der Waals surface area contributed by atoms with Crippen LogP contribution in [0.4, 0.5) is 32.0 Å². The van der Waals surface area contributed by atoms with E-state index in [2.05, 4.69) is 4.18 Å². The van der Waals surface area contributed by atoms with Gasteiger partial charge in [-0.3, -0.25) is 0 Å². The van der Waals surface area contributed by atoms with Crippen molar-refractivity contribution < 1.29 is 38.9 Å². The van der Waals surface area contributed by atoms with E-state index in [1.807, 2.05) is 0 Å². The summed E-state index contributed by atoms with van der Waals surface area (Å²) in [5.41, 5.74) is -3.04. The number of nitrogen functional groups attached to an aromatic ring is 1. The summed E-state index contributed by atoms with van der Waals surface area (Å²) in [6.45, 7) is 0. The van der Waals surface area contributed by atoms with Gasteiger partial charge in [-0.25, -0.2) is 0 Å². The molecule has 0 atom stereocenters. The smallest absolute Gasteiger partial charge is 0.398 e. The fourth-order valence-electron chi connectivity index (χ4n) is 1.01. The zero-order valence-electron chi connectivity index (χ0n) is 8.71. The zero-order valence-corrected chi connectivity index (χ0v) is 9.53. The minimum atomic E-state index is -6.03. The Labute approximate surface area is 102 Å². The molecule has 108 valence electrons. The molecule has 4 nitrogen and oxygen atoms in total. The van der Waals surface area contributed by atoms with E-state index in [1.54, 1.807) is 0 Å². The van der Waals surface area contributed by atoms with Crippen molar-refractivity contribution in [2.24, 2.45) is 0 Å². The Morgan fingerprint density at radius 1 is 1.05 bits per heavy atom. The normalized spacial score (nSPS) is 13.4. The van der Waals surface area contributed by atoms with Crippen molar-refractivity contribution >= 4 is 15.8 Å². The minimum absolute atomic E-state index is 0.0681. The maximum Gasteiger partial charge on any atom is 0.534 e. The van der Waals surface area contributed by atoms with E-state index in [9.17, 15) is 34.8 Å². The van der Waals surface area contributed by atoms with Crippen LogP contribution in [0.1, 0.15) is 5.56 Å². The van der Waals surface area contributed by atoms with Crippen molar-refractivity contribution in [1.82, 2.24) is 0 Å².